The first-order valence-corrected chi connectivity index (χ1v) is 7.84. The quantitative estimate of drug-likeness (QED) is 0.678. The molecular weight excluding hydrogens is 246 g/mol. The van der Waals surface area contributed by atoms with Crippen LogP contribution in [-0.4, -0.2) is 30.5 Å². The summed E-state index contributed by atoms with van der Waals surface area (Å²) in [6, 6.07) is 10.8. The van der Waals surface area contributed by atoms with E-state index >= 15 is 0 Å². The van der Waals surface area contributed by atoms with Crippen LogP contribution in [0.25, 0.3) is 0 Å². The van der Waals surface area contributed by atoms with Gasteiger partial charge in [0.15, 0.2) is 5.96 Å². The number of guanidine groups is 1. The highest BCUT2D eigenvalue weighted by Crippen LogP contribution is 2.47. The van der Waals surface area contributed by atoms with Crippen LogP contribution in [0.3, 0.4) is 0 Å². The summed E-state index contributed by atoms with van der Waals surface area (Å²) in [5.41, 5.74) is 7.59. The fraction of sp³-hybridized carbons (Fsp3) is 0.588. The monoisotopic (exact) mass is 271 g/mol. The smallest absolute Gasteiger partial charge is 0.191 e. The molecule has 2 fully saturated rings. The average molecular weight is 271 g/mol. The zero-order chi connectivity index (χ0) is 13.9. The minimum Gasteiger partial charge on any atom is -0.370 e. The predicted octanol–water partition coefficient (Wildman–Crippen LogP) is 2.84. The van der Waals surface area contributed by atoms with Gasteiger partial charge in [-0.15, -0.1) is 0 Å². The first-order chi connectivity index (χ1) is 9.74. The molecule has 2 N–H and O–H groups in total. The summed E-state index contributed by atoms with van der Waals surface area (Å²) in [6.07, 6.45) is 3.75. The molecule has 1 aromatic carbocycles. The van der Waals surface area contributed by atoms with Gasteiger partial charge in [-0.05, 0) is 42.6 Å². The molecular formula is C17H25N3. The van der Waals surface area contributed by atoms with Crippen molar-refractivity contribution in [2.24, 2.45) is 22.6 Å². The summed E-state index contributed by atoms with van der Waals surface area (Å²) in [7, 11) is 0. The van der Waals surface area contributed by atoms with Crippen LogP contribution in [0.5, 0.6) is 0 Å². The Labute approximate surface area is 121 Å². The fourth-order valence-electron chi connectivity index (χ4n) is 3.11. The van der Waals surface area contributed by atoms with Crippen LogP contribution >= 0.6 is 0 Å². The lowest BCUT2D eigenvalue weighted by molar-refractivity contribution is 0.277. The summed E-state index contributed by atoms with van der Waals surface area (Å²) in [5.74, 6) is 2.99. The summed E-state index contributed by atoms with van der Waals surface area (Å²) < 4.78 is 0. The zero-order valence-corrected chi connectivity index (χ0v) is 12.3. The molecule has 2 aliphatic rings. The Balaban J connectivity index is 1.49. The normalized spacial score (nSPS) is 27.6. The van der Waals surface area contributed by atoms with Crippen molar-refractivity contribution in [3.05, 3.63) is 35.9 Å². The summed E-state index contributed by atoms with van der Waals surface area (Å²) in [4.78, 5) is 6.88. The molecule has 0 spiro atoms. The van der Waals surface area contributed by atoms with Gasteiger partial charge < -0.3 is 10.6 Å². The Morgan fingerprint density at radius 2 is 1.95 bits per heavy atom. The maximum absolute atomic E-state index is 6.13. The van der Waals surface area contributed by atoms with Gasteiger partial charge in [0.25, 0.3) is 0 Å². The van der Waals surface area contributed by atoms with Gasteiger partial charge in [-0.3, -0.25) is 4.99 Å². The maximum atomic E-state index is 6.13. The third kappa shape index (κ3) is 3.14. The highest BCUT2D eigenvalue weighted by molar-refractivity contribution is 5.78. The predicted molar refractivity (Wildman–Crippen MR) is 83.8 cm³/mol. The van der Waals surface area contributed by atoms with Crippen LogP contribution in [0.1, 0.15) is 37.7 Å². The molecule has 2 unspecified atom stereocenters. The summed E-state index contributed by atoms with van der Waals surface area (Å²) >= 11 is 0. The number of hydrogen-bond donors (Lipinski definition) is 1. The Kier molecular flexibility index (Phi) is 3.95. The number of nitrogens with zero attached hydrogens (tertiary/aromatic N) is 2. The van der Waals surface area contributed by atoms with Crippen molar-refractivity contribution in [1.82, 2.24) is 4.90 Å². The third-order valence-electron chi connectivity index (χ3n) is 4.75. The Bertz CT molecular complexity index is 460. The van der Waals surface area contributed by atoms with Gasteiger partial charge in [-0.1, -0.05) is 37.3 Å². The summed E-state index contributed by atoms with van der Waals surface area (Å²) in [5, 5.41) is 0. The highest BCUT2D eigenvalue weighted by Gasteiger charge is 2.37. The van der Waals surface area contributed by atoms with Crippen molar-refractivity contribution < 1.29 is 0 Å². The molecule has 3 rings (SSSR count). The van der Waals surface area contributed by atoms with Crippen LogP contribution in [0.4, 0.5) is 0 Å². The number of benzene rings is 1. The van der Waals surface area contributed by atoms with Crippen LogP contribution in [0.2, 0.25) is 0 Å². The van der Waals surface area contributed by atoms with Crippen LogP contribution in [0.15, 0.2) is 35.3 Å². The third-order valence-corrected chi connectivity index (χ3v) is 4.75. The molecule has 0 radical (unpaired) electrons. The maximum Gasteiger partial charge on any atom is 0.191 e. The molecule has 1 heterocycles. The lowest BCUT2D eigenvalue weighted by atomic mass is 10.00. The van der Waals surface area contributed by atoms with Gasteiger partial charge in [0.1, 0.15) is 0 Å². The van der Waals surface area contributed by atoms with Gasteiger partial charge in [0, 0.05) is 19.6 Å². The number of likely N-dealkylation sites (tertiary alicyclic amines) is 1. The Morgan fingerprint density at radius 1 is 1.25 bits per heavy atom. The van der Waals surface area contributed by atoms with E-state index in [9.17, 15) is 0 Å². The number of aliphatic imine (C=N–C) groups is 1. The largest absolute Gasteiger partial charge is 0.370 e. The first kappa shape index (κ1) is 13.5. The molecule has 3 nitrogen and oxygen atoms in total. The number of piperidine rings is 1. The van der Waals surface area contributed by atoms with E-state index in [1.165, 1.54) is 24.8 Å². The molecule has 1 saturated heterocycles. The Hall–Kier alpha value is -1.51. The number of hydrogen-bond acceptors (Lipinski definition) is 1. The lowest BCUT2D eigenvalue weighted by Gasteiger charge is -2.31. The van der Waals surface area contributed by atoms with Crippen molar-refractivity contribution in [2.75, 3.05) is 19.6 Å². The van der Waals surface area contributed by atoms with Gasteiger partial charge in [0.05, 0.1) is 0 Å². The van der Waals surface area contributed by atoms with Gasteiger partial charge >= 0.3 is 0 Å². The SMILES string of the molecule is CC1CCN(C(N)=NCC2CC2c2ccccc2)CC1. The van der Waals surface area contributed by atoms with Crippen LogP contribution in [0, 0.1) is 11.8 Å². The lowest BCUT2D eigenvalue weighted by Crippen LogP contribution is -2.42. The van der Waals surface area contributed by atoms with E-state index in [0.717, 1.165) is 31.5 Å². The van der Waals surface area contributed by atoms with Gasteiger partial charge in [-0.25, -0.2) is 0 Å². The molecule has 1 aromatic rings. The average Bonchev–Trinajstić information content (AvgIpc) is 3.26. The second kappa shape index (κ2) is 5.86. The molecule has 2 atom stereocenters. The molecule has 0 aromatic heterocycles. The summed E-state index contributed by atoms with van der Waals surface area (Å²) in [6.45, 7) is 5.35. The molecule has 1 aliphatic carbocycles. The van der Waals surface area contributed by atoms with Crippen LogP contribution in [-0.2, 0) is 0 Å². The second-order valence-corrected chi connectivity index (χ2v) is 6.38. The van der Waals surface area contributed by atoms with E-state index in [1.807, 2.05) is 0 Å². The molecule has 1 aliphatic heterocycles. The van der Waals surface area contributed by atoms with Crippen molar-refractivity contribution in [3.63, 3.8) is 0 Å². The number of rotatable bonds is 3. The number of nitrogens with two attached hydrogens (primary N) is 1. The standard InChI is InChI=1S/C17H25N3/c1-13-7-9-20(10-8-13)17(18)19-12-15-11-16(15)14-5-3-2-4-6-14/h2-6,13,15-16H,7-12H2,1H3,(H2,18,19). The van der Waals surface area contributed by atoms with Crippen molar-refractivity contribution in [2.45, 2.75) is 32.1 Å². The van der Waals surface area contributed by atoms with E-state index in [0.29, 0.717) is 11.8 Å². The minimum atomic E-state index is 0.694. The fourth-order valence-corrected chi connectivity index (χ4v) is 3.11. The highest BCUT2D eigenvalue weighted by atomic mass is 15.3. The first-order valence-electron chi connectivity index (χ1n) is 7.84. The van der Waals surface area contributed by atoms with Gasteiger partial charge in [0.2, 0.25) is 0 Å². The molecule has 0 amide bonds. The van der Waals surface area contributed by atoms with Crippen molar-refractivity contribution in [1.29, 1.82) is 0 Å². The van der Waals surface area contributed by atoms with E-state index < -0.39 is 0 Å². The zero-order valence-electron chi connectivity index (χ0n) is 12.3. The van der Waals surface area contributed by atoms with Crippen LogP contribution < -0.4 is 5.73 Å². The topological polar surface area (TPSA) is 41.6 Å². The van der Waals surface area contributed by atoms with Crippen molar-refractivity contribution in [3.8, 4) is 0 Å². The molecule has 20 heavy (non-hydrogen) atoms. The van der Waals surface area contributed by atoms with E-state index in [2.05, 4.69) is 47.1 Å². The minimum absolute atomic E-state index is 0.694. The molecule has 3 heteroatoms. The van der Waals surface area contributed by atoms with E-state index in [-0.39, 0.29) is 0 Å². The second-order valence-electron chi connectivity index (χ2n) is 6.38. The molecule has 108 valence electrons. The van der Waals surface area contributed by atoms with Gasteiger partial charge in [-0.2, -0.15) is 0 Å². The van der Waals surface area contributed by atoms with E-state index in [4.69, 9.17) is 5.73 Å². The van der Waals surface area contributed by atoms with E-state index in [1.54, 1.807) is 0 Å². The van der Waals surface area contributed by atoms with Crippen molar-refractivity contribution >= 4 is 5.96 Å². The Morgan fingerprint density at radius 3 is 2.65 bits per heavy atom. The molecule has 1 saturated carbocycles. The molecule has 0 bridgehead atoms.